The fourth-order valence-electron chi connectivity index (χ4n) is 3.72. The van der Waals surface area contributed by atoms with E-state index in [-0.39, 0.29) is 24.3 Å². The van der Waals surface area contributed by atoms with Crippen molar-refractivity contribution in [3.8, 4) is 0 Å². The maximum atomic E-state index is 13.8. The molecule has 3 aromatic rings. The Balaban J connectivity index is 0.00000240. The number of benzene rings is 2. The van der Waals surface area contributed by atoms with Gasteiger partial charge in [0.1, 0.15) is 11.6 Å². The number of halogens is 3. The summed E-state index contributed by atoms with van der Waals surface area (Å²) in [5, 5.41) is 3.89. The van der Waals surface area contributed by atoms with E-state index in [0.29, 0.717) is 11.0 Å². The molecule has 0 fully saturated rings. The lowest BCUT2D eigenvalue weighted by Crippen LogP contribution is -2.35. The molecule has 4 rings (SSSR count). The molecule has 2 aromatic carbocycles. The first-order valence-electron chi connectivity index (χ1n) is 9.35. The third kappa shape index (κ3) is 4.31. The normalized spacial score (nSPS) is 15.5. The number of anilines is 3. The van der Waals surface area contributed by atoms with E-state index < -0.39 is 0 Å². The molecule has 7 heteroatoms. The van der Waals surface area contributed by atoms with Crippen LogP contribution in [0.2, 0.25) is 5.02 Å². The minimum absolute atomic E-state index is 0. The first-order chi connectivity index (χ1) is 13.4. The Hall–Kier alpha value is -2.37. The Labute approximate surface area is 181 Å². The Morgan fingerprint density at radius 2 is 1.93 bits per heavy atom. The zero-order valence-corrected chi connectivity index (χ0v) is 18.1. The van der Waals surface area contributed by atoms with Crippen LogP contribution >= 0.6 is 24.0 Å². The molecule has 152 valence electrons. The average molecular weight is 433 g/mol. The van der Waals surface area contributed by atoms with E-state index in [2.05, 4.69) is 22.1 Å². The van der Waals surface area contributed by atoms with Crippen LogP contribution in [0, 0.1) is 19.7 Å². The molecule has 1 N–H and O–H groups in total. The predicted octanol–water partition coefficient (Wildman–Crippen LogP) is 6.18. The molecule has 1 aromatic heterocycles. The molecule has 2 heterocycles. The summed E-state index contributed by atoms with van der Waals surface area (Å²) in [6, 6.07) is 12.6. The van der Waals surface area contributed by atoms with Gasteiger partial charge in [0.25, 0.3) is 0 Å². The first-order valence-corrected chi connectivity index (χ1v) is 9.73. The lowest BCUT2D eigenvalue weighted by molar-refractivity contribution is 0.589. The molecule has 0 aliphatic carbocycles. The number of fused-ring (bicyclic) bond motifs is 1. The number of aromatic nitrogens is 2. The third-order valence-corrected chi connectivity index (χ3v) is 5.60. The van der Waals surface area contributed by atoms with Crippen LogP contribution in [0.4, 0.5) is 21.8 Å². The van der Waals surface area contributed by atoms with Crippen LogP contribution < -0.4 is 10.2 Å². The Morgan fingerprint density at radius 1 is 1.14 bits per heavy atom. The molecule has 0 bridgehead atoms. The molecular weight excluding hydrogens is 410 g/mol. The molecule has 0 amide bonds. The topological polar surface area (TPSA) is 41.1 Å². The summed E-state index contributed by atoms with van der Waals surface area (Å²) >= 11 is 6.08. The minimum atomic E-state index is -0.202. The number of nitrogens with one attached hydrogen (secondary N) is 1. The van der Waals surface area contributed by atoms with Crippen LogP contribution in [-0.4, -0.2) is 16.5 Å². The van der Waals surface area contributed by atoms with Gasteiger partial charge in [0.2, 0.25) is 5.95 Å². The molecular formula is C22H23Cl2FN4. The van der Waals surface area contributed by atoms with Crippen molar-refractivity contribution >= 4 is 41.5 Å². The van der Waals surface area contributed by atoms with E-state index >= 15 is 0 Å². The van der Waals surface area contributed by atoms with E-state index in [9.17, 15) is 4.39 Å². The van der Waals surface area contributed by atoms with Gasteiger partial charge in [-0.3, -0.25) is 0 Å². The van der Waals surface area contributed by atoms with E-state index in [1.807, 2.05) is 44.2 Å². The standard InChI is InChI=1S/C22H22ClFN4.ClH/c1-13-14(2)25-22(26-19-6-4-5-17(23)11-19)27-21(13)28-10-9-16-7-8-18(24)12-20(16)15(28)3;/h4-8,11-12,15H,9-10H2,1-3H3,(H,25,26,27);1H. The lowest BCUT2D eigenvalue weighted by atomic mass is 9.93. The molecule has 0 saturated heterocycles. The van der Waals surface area contributed by atoms with Gasteiger partial charge >= 0.3 is 0 Å². The van der Waals surface area contributed by atoms with Crippen molar-refractivity contribution in [1.29, 1.82) is 0 Å². The Kier molecular flexibility index (Phi) is 6.30. The van der Waals surface area contributed by atoms with Gasteiger partial charge in [-0.05, 0) is 68.7 Å². The largest absolute Gasteiger partial charge is 0.349 e. The van der Waals surface area contributed by atoms with Crippen LogP contribution in [0.1, 0.15) is 35.3 Å². The second-order valence-electron chi connectivity index (χ2n) is 7.18. The van der Waals surface area contributed by atoms with Crippen molar-refractivity contribution in [3.05, 3.63) is 75.7 Å². The summed E-state index contributed by atoms with van der Waals surface area (Å²) in [5.41, 5.74) is 4.99. The number of aryl methyl sites for hydroxylation is 1. The first kappa shape index (κ1) is 21.3. The molecule has 0 radical (unpaired) electrons. The van der Waals surface area contributed by atoms with Gasteiger partial charge in [-0.2, -0.15) is 4.98 Å². The smallest absolute Gasteiger partial charge is 0.229 e. The molecule has 4 nitrogen and oxygen atoms in total. The zero-order chi connectivity index (χ0) is 19.8. The maximum absolute atomic E-state index is 13.8. The average Bonchev–Trinajstić information content (AvgIpc) is 2.66. The summed E-state index contributed by atoms with van der Waals surface area (Å²) in [5.74, 6) is 1.20. The molecule has 1 aliphatic heterocycles. The summed E-state index contributed by atoms with van der Waals surface area (Å²) in [6.45, 7) is 6.93. The summed E-state index contributed by atoms with van der Waals surface area (Å²) in [7, 11) is 0. The van der Waals surface area contributed by atoms with Gasteiger partial charge in [-0.1, -0.05) is 23.7 Å². The third-order valence-electron chi connectivity index (χ3n) is 5.36. The van der Waals surface area contributed by atoms with Gasteiger partial charge in [0.15, 0.2) is 0 Å². The highest BCUT2D eigenvalue weighted by Crippen LogP contribution is 2.35. The van der Waals surface area contributed by atoms with Crippen molar-refractivity contribution < 1.29 is 4.39 Å². The fourth-order valence-corrected chi connectivity index (χ4v) is 3.91. The molecule has 1 atom stereocenters. The monoisotopic (exact) mass is 432 g/mol. The van der Waals surface area contributed by atoms with Gasteiger partial charge in [0.05, 0.1) is 6.04 Å². The van der Waals surface area contributed by atoms with Gasteiger partial charge in [-0.15, -0.1) is 12.4 Å². The maximum Gasteiger partial charge on any atom is 0.229 e. The van der Waals surface area contributed by atoms with Crippen LogP contribution in [0.3, 0.4) is 0 Å². The molecule has 0 saturated carbocycles. The van der Waals surface area contributed by atoms with Crippen molar-refractivity contribution in [2.45, 2.75) is 33.2 Å². The number of hydrogen-bond acceptors (Lipinski definition) is 4. The highest BCUT2D eigenvalue weighted by atomic mass is 35.5. The van der Waals surface area contributed by atoms with E-state index in [0.717, 1.165) is 41.3 Å². The van der Waals surface area contributed by atoms with Crippen LogP contribution in [0.5, 0.6) is 0 Å². The molecule has 29 heavy (non-hydrogen) atoms. The lowest BCUT2D eigenvalue weighted by Gasteiger charge is -2.37. The highest BCUT2D eigenvalue weighted by Gasteiger charge is 2.27. The minimum Gasteiger partial charge on any atom is -0.349 e. The van der Waals surface area contributed by atoms with E-state index in [4.69, 9.17) is 16.6 Å². The van der Waals surface area contributed by atoms with Gasteiger partial charge in [0, 0.05) is 28.5 Å². The van der Waals surface area contributed by atoms with Crippen LogP contribution in [0.25, 0.3) is 0 Å². The van der Waals surface area contributed by atoms with Crippen molar-refractivity contribution in [2.24, 2.45) is 0 Å². The predicted molar refractivity (Wildman–Crippen MR) is 119 cm³/mol. The second kappa shape index (κ2) is 8.56. The number of hydrogen-bond donors (Lipinski definition) is 1. The number of nitrogens with zero attached hydrogens (tertiary/aromatic N) is 3. The van der Waals surface area contributed by atoms with E-state index in [1.54, 1.807) is 6.07 Å². The van der Waals surface area contributed by atoms with E-state index in [1.165, 1.54) is 11.6 Å². The Bertz CT molecular complexity index is 1040. The summed E-state index contributed by atoms with van der Waals surface area (Å²) in [4.78, 5) is 11.6. The zero-order valence-electron chi connectivity index (χ0n) is 16.5. The second-order valence-corrected chi connectivity index (χ2v) is 7.62. The summed E-state index contributed by atoms with van der Waals surface area (Å²) < 4.78 is 13.8. The highest BCUT2D eigenvalue weighted by molar-refractivity contribution is 6.30. The fraction of sp³-hybridized carbons (Fsp3) is 0.273. The van der Waals surface area contributed by atoms with Gasteiger partial charge in [-0.25, -0.2) is 9.37 Å². The van der Waals surface area contributed by atoms with Crippen molar-refractivity contribution in [2.75, 3.05) is 16.8 Å². The van der Waals surface area contributed by atoms with Crippen molar-refractivity contribution in [3.63, 3.8) is 0 Å². The molecule has 1 aliphatic rings. The quantitative estimate of drug-likeness (QED) is 0.536. The van der Waals surface area contributed by atoms with Gasteiger partial charge < -0.3 is 10.2 Å². The summed E-state index contributed by atoms with van der Waals surface area (Å²) in [6.07, 6.45) is 0.861. The molecule has 0 spiro atoms. The number of rotatable bonds is 3. The van der Waals surface area contributed by atoms with Crippen LogP contribution in [-0.2, 0) is 6.42 Å². The SMILES string of the molecule is Cc1nc(Nc2cccc(Cl)c2)nc(N2CCc3ccc(F)cc3C2C)c1C.Cl. The Morgan fingerprint density at radius 3 is 2.69 bits per heavy atom. The van der Waals surface area contributed by atoms with Crippen LogP contribution in [0.15, 0.2) is 42.5 Å². The molecule has 1 unspecified atom stereocenters. The van der Waals surface area contributed by atoms with Crippen molar-refractivity contribution in [1.82, 2.24) is 9.97 Å².